The number of carbonyl (C=O) groups is 2. The molecule has 0 unspecified atom stereocenters. The Morgan fingerprint density at radius 2 is 1.90 bits per heavy atom. The van der Waals surface area contributed by atoms with Crippen molar-refractivity contribution in [3.05, 3.63) is 71.5 Å². The Hall–Kier alpha value is -4.01. The summed E-state index contributed by atoms with van der Waals surface area (Å²) >= 11 is 0. The predicted octanol–water partition coefficient (Wildman–Crippen LogP) is 2.49. The Kier molecular flexibility index (Phi) is 5.25. The van der Waals surface area contributed by atoms with Crippen molar-refractivity contribution < 1.29 is 14.1 Å². The summed E-state index contributed by atoms with van der Waals surface area (Å²) in [6.45, 7) is 2.18. The van der Waals surface area contributed by atoms with Crippen LogP contribution in [0.25, 0.3) is 11.0 Å². The van der Waals surface area contributed by atoms with Gasteiger partial charge >= 0.3 is 0 Å². The summed E-state index contributed by atoms with van der Waals surface area (Å²) in [5.74, 6) is 0.310. The van der Waals surface area contributed by atoms with E-state index in [-0.39, 0.29) is 18.4 Å². The average Bonchev–Trinajstić information content (AvgIpc) is 3.34. The number of aryl methyl sites for hydroxylation is 1. The number of rotatable bonds is 6. The molecule has 2 aromatic carbocycles. The van der Waals surface area contributed by atoms with Crippen LogP contribution in [0.5, 0.6) is 0 Å². The second-order valence-corrected chi connectivity index (χ2v) is 6.96. The first kappa shape index (κ1) is 19.3. The summed E-state index contributed by atoms with van der Waals surface area (Å²) in [6, 6.07) is 16.6. The van der Waals surface area contributed by atoms with E-state index < -0.39 is 0 Å². The number of amides is 2. The molecule has 0 radical (unpaired) electrons. The third-order valence-electron chi connectivity index (χ3n) is 4.58. The van der Waals surface area contributed by atoms with Gasteiger partial charge in [0.1, 0.15) is 11.3 Å². The fourth-order valence-electron chi connectivity index (χ4n) is 3.08. The van der Waals surface area contributed by atoms with Crippen LogP contribution in [0.1, 0.15) is 21.7 Å². The minimum atomic E-state index is -0.353. The summed E-state index contributed by atoms with van der Waals surface area (Å²) in [6.07, 6.45) is 0. The van der Waals surface area contributed by atoms with Gasteiger partial charge in [-0.2, -0.15) is 0 Å². The highest BCUT2D eigenvalue weighted by Crippen LogP contribution is 2.14. The molecule has 4 aromatic rings. The van der Waals surface area contributed by atoms with Gasteiger partial charge in [-0.05, 0) is 36.8 Å². The number of nitrogens with one attached hydrogen (secondary N) is 1. The summed E-state index contributed by atoms with van der Waals surface area (Å²) in [5.41, 5.74) is 3.27. The molecule has 0 atom stereocenters. The standard InChI is InChI=1S/C21H20N6O3/c1-14-11-19(24-30-14)22-20(28)13-26(2)21(29)16-9-7-15(8-10-16)12-27-18-6-4-3-5-17(18)23-25-27/h3-11H,12-13H2,1-2H3,(H,22,24,28). The number of carbonyl (C=O) groups excluding carboxylic acids is 2. The van der Waals surface area contributed by atoms with E-state index in [1.54, 1.807) is 32.2 Å². The normalized spacial score (nSPS) is 10.9. The van der Waals surface area contributed by atoms with E-state index in [2.05, 4.69) is 20.8 Å². The van der Waals surface area contributed by atoms with Gasteiger partial charge in [-0.3, -0.25) is 9.59 Å². The minimum Gasteiger partial charge on any atom is -0.360 e. The van der Waals surface area contributed by atoms with Gasteiger partial charge < -0.3 is 14.7 Å². The van der Waals surface area contributed by atoms with Gasteiger partial charge in [0, 0.05) is 18.7 Å². The number of likely N-dealkylation sites (N-methyl/N-ethyl adjacent to an activating group) is 1. The van der Waals surface area contributed by atoms with Crippen LogP contribution in [0.3, 0.4) is 0 Å². The molecule has 30 heavy (non-hydrogen) atoms. The van der Waals surface area contributed by atoms with Crippen molar-refractivity contribution in [3.8, 4) is 0 Å². The lowest BCUT2D eigenvalue weighted by molar-refractivity contribution is -0.116. The van der Waals surface area contributed by atoms with E-state index in [0.29, 0.717) is 23.7 Å². The Morgan fingerprint density at radius 1 is 1.13 bits per heavy atom. The number of anilines is 1. The fourth-order valence-corrected chi connectivity index (χ4v) is 3.08. The van der Waals surface area contributed by atoms with Crippen molar-refractivity contribution in [2.75, 3.05) is 18.9 Å². The molecule has 0 fully saturated rings. The van der Waals surface area contributed by atoms with Gasteiger partial charge in [0.25, 0.3) is 5.91 Å². The molecule has 1 N–H and O–H groups in total. The van der Waals surface area contributed by atoms with Crippen molar-refractivity contribution in [3.63, 3.8) is 0 Å². The van der Waals surface area contributed by atoms with Crippen LogP contribution in [0.15, 0.2) is 59.1 Å². The van der Waals surface area contributed by atoms with E-state index >= 15 is 0 Å². The molecule has 2 aromatic heterocycles. The number of aromatic nitrogens is 4. The quantitative estimate of drug-likeness (QED) is 0.529. The van der Waals surface area contributed by atoms with E-state index in [9.17, 15) is 9.59 Å². The maximum atomic E-state index is 12.6. The number of nitrogens with zero attached hydrogens (tertiary/aromatic N) is 5. The maximum Gasteiger partial charge on any atom is 0.254 e. The first-order valence-electron chi connectivity index (χ1n) is 9.35. The van der Waals surface area contributed by atoms with Crippen LogP contribution in [-0.2, 0) is 11.3 Å². The van der Waals surface area contributed by atoms with Gasteiger partial charge in [0.2, 0.25) is 5.91 Å². The SMILES string of the molecule is Cc1cc(NC(=O)CN(C)C(=O)c2ccc(Cn3nnc4ccccc43)cc2)no1. The van der Waals surface area contributed by atoms with Crippen molar-refractivity contribution >= 4 is 28.7 Å². The Morgan fingerprint density at radius 3 is 2.63 bits per heavy atom. The number of para-hydroxylation sites is 1. The minimum absolute atomic E-state index is 0.0998. The van der Waals surface area contributed by atoms with Crippen LogP contribution in [0, 0.1) is 6.92 Å². The molecule has 2 heterocycles. The number of hydrogen-bond donors (Lipinski definition) is 1. The molecule has 0 aliphatic rings. The van der Waals surface area contributed by atoms with E-state index in [1.165, 1.54) is 4.90 Å². The first-order chi connectivity index (χ1) is 14.5. The Bertz CT molecular complexity index is 1190. The van der Waals surface area contributed by atoms with Crippen molar-refractivity contribution in [2.24, 2.45) is 0 Å². The molecule has 152 valence electrons. The van der Waals surface area contributed by atoms with Crippen molar-refractivity contribution in [2.45, 2.75) is 13.5 Å². The van der Waals surface area contributed by atoms with Gasteiger partial charge in [0.15, 0.2) is 5.82 Å². The second kappa shape index (κ2) is 8.16. The van der Waals surface area contributed by atoms with Crippen LogP contribution in [0.2, 0.25) is 0 Å². The smallest absolute Gasteiger partial charge is 0.254 e. The largest absolute Gasteiger partial charge is 0.360 e. The molecule has 0 aliphatic carbocycles. The fraction of sp³-hybridized carbons (Fsp3) is 0.190. The molecule has 9 nitrogen and oxygen atoms in total. The lowest BCUT2D eigenvalue weighted by Gasteiger charge is -2.16. The monoisotopic (exact) mass is 404 g/mol. The highest BCUT2D eigenvalue weighted by atomic mass is 16.5. The maximum absolute atomic E-state index is 12.6. The zero-order valence-electron chi connectivity index (χ0n) is 16.6. The molecular formula is C21H20N6O3. The van der Waals surface area contributed by atoms with Gasteiger partial charge in [-0.1, -0.05) is 34.6 Å². The number of hydrogen-bond acceptors (Lipinski definition) is 6. The summed E-state index contributed by atoms with van der Waals surface area (Å²) in [5, 5.41) is 14.6. The third kappa shape index (κ3) is 4.19. The lowest BCUT2D eigenvalue weighted by atomic mass is 10.1. The molecule has 9 heteroatoms. The molecule has 0 spiro atoms. The van der Waals surface area contributed by atoms with Crippen molar-refractivity contribution in [1.82, 2.24) is 25.1 Å². The zero-order chi connectivity index (χ0) is 21.1. The highest BCUT2D eigenvalue weighted by Gasteiger charge is 2.16. The van der Waals surface area contributed by atoms with Gasteiger partial charge in [-0.15, -0.1) is 5.10 Å². The average molecular weight is 404 g/mol. The molecule has 0 saturated carbocycles. The molecule has 4 rings (SSSR count). The van der Waals surface area contributed by atoms with Crippen LogP contribution >= 0.6 is 0 Å². The molecule has 2 amide bonds. The number of benzene rings is 2. The summed E-state index contributed by atoms with van der Waals surface area (Å²) < 4.78 is 6.72. The summed E-state index contributed by atoms with van der Waals surface area (Å²) in [4.78, 5) is 26.1. The Balaban J connectivity index is 1.38. The molecule has 0 bridgehead atoms. The second-order valence-electron chi connectivity index (χ2n) is 6.96. The van der Waals surface area contributed by atoms with E-state index in [4.69, 9.17) is 4.52 Å². The van der Waals surface area contributed by atoms with Crippen LogP contribution in [-0.4, -0.2) is 50.5 Å². The highest BCUT2D eigenvalue weighted by molar-refractivity contribution is 5.98. The molecular weight excluding hydrogens is 384 g/mol. The lowest BCUT2D eigenvalue weighted by Crippen LogP contribution is -2.35. The molecule has 0 saturated heterocycles. The topological polar surface area (TPSA) is 106 Å². The van der Waals surface area contributed by atoms with E-state index in [0.717, 1.165) is 16.6 Å². The summed E-state index contributed by atoms with van der Waals surface area (Å²) in [7, 11) is 1.57. The molecule has 0 aliphatic heterocycles. The van der Waals surface area contributed by atoms with Crippen LogP contribution in [0.4, 0.5) is 5.82 Å². The number of fused-ring (bicyclic) bond motifs is 1. The first-order valence-corrected chi connectivity index (χ1v) is 9.35. The van der Waals surface area contributed by atoms with Gasteiger partial charge in [-0.25, -0.2) is 4.68 Å². The predicted molar refractivity (Wildman–Crippen MR) is 110 cm³/mol. The van der Waals surface area contributed by atoms with Crippen LogP contribution < -0.4 is 5.32 Å². The Labute approximate surface area is 172 Å². The zero-order valence-corrected chi connectivity index (χ0v) is 16.6. The third-order valence-corrected chi connectivity index (χ3v) is 4.58. The van der Waals surface area contributed by atoms with Gasteiger partial charge in [0.05, 0.1) is 18.6 Å². The van der Waals surface area contributed by atoms with Crippen molar-refractivity contribution in [1.29, 1.82) is 0 Å². The van der Waals surface area contributed by atoms with E-state index in [1.807, 2.05) is 41.1 Å².